The van der Waals surface area contributed by atoms with Crippen LogP contribution in [0.5, 0.6) is 0 Å². The summed E-state index contributed by atoms with van der Waals surface area (Å²) in [7, 11) is -2.08. The zero-order valence-electron chi connectivity index (χ0n) is 23.5. The minimum atomic E-state index is -6.00. The lowest BCUT2D eigenvalue weighted by molar-refractivity contribution is -0.497. The van der Waals surface area contributed by atoms with Gasteiger partial charge in [0, 0.05) is 42.0 Å². The average Bonchev–Trinajstić information content (AvgIpc) is 2.99. The maximum Gasteiger partial charge on any atom is 0.673 e. The lowest BCUT2D eigenvalue weighted by atomic mass is 9.90. The predicted octanol–water partition coefficient (Wildman–Crippen LogP) is 9.27. The quantitative estimate of drug-likeness (QED) is 0.0941. The van der Waals surface area contributed by atoms with Crippen LogP contribution in [0, 0.1) is 6.92 Å². The number of hydrogen-bond donors (Lipinski definition) is 2. The van der Waals surface area contributed by atoms with Gasteiger partial charge in [-0.3, -0.25) is 0 Å². The van der Waals surface area contributed by atoms with Crippen molar-refractivity contribution in [2.75, 3.05) is 24.7 Å². The van der Waals surface area contributed by atoms with Gasteiger partial charge in [-0.2, -0.15) is 4.40 Å². The van der Waals surface area contributed by atoms with Crippen molar-refractivity contribution >= 4 is 34.9 Å². The summed E-state index contributed by atoms with van der Waals surface area (Å²) in [6, 6.07) is 39.3. The summed E-state index contributed by atoms with van der Waals surface area (Å²) in [6.45, 7) is 2.18. The number of nitrogens with zero attached hydrogens (tertiary/aromatic N) is 1. The topological polar surface area (TPSA) is 28.2 Å². The van der Waals surface area contributed by atoms with Crippen LogP contribution in [0.1, 0.15) is 5.56 Å². The minimum absolute atomic E-state index is 1.10. The number of pyridine rings is 2. The number of rotatable bonds is 5. The molecule has 0 fully saturated rings. The lowest BCUT2D eigenvalue weighted by Gasteiger charge is -2.16. The molecule has 6 aromatic rings. The molecule has 0 saturated carbocycles. The summed E-state index contributed by atoms with van der Waals surface area (Å²) in [6.07, 6.45) is 2.28. The van der Waals surface area contributed by atoms with Crippen molar-refractivity contribution < 1.29 is 21.7 Å². The zero-order valence-corrected chi connectivity index (χ0v) is 23.5. The Morgan fingerprint density at radius 2 is 1.10 bits per heavy atom. The Kier molecular flexibility index (Phi) is 8.16. The SMILES string of the molecule is CNc1ccc(-c2c(-c3ccc(NC)cc3)[n+]3cc(C)cc(-c4ccccc4)c3c3ccccc23)cc1.F[B-](F)(F)F. The van der Waals surface area contributed by atoms with Gasteiger partial charge in [-0.05, 0) is 66.6 Å². The number of nitrogens with one attached hydrogen (secondary N) is 2. The highest BCUT2D eigenvalue weighted by Crippen LogP contribution is 2.40. The van der Waals surface area contributed by atoms with Crippen LogP contribution in [-0.4, -0.2) is 21.3 Å². The van der Waals surface area contributed by atoms with Crippen molar-refractivity contribution in [1.29, 1.82) is 0 Å². The fourth-order valence-electron chi connectivity index (χ4n) is 5.35. The summed E-state index contributed by atoms with van der Waals surface area (Å²) in [5.74, 6) is 0. The Morgan fingerprint density at radius 3 is 1.64 bits per heavy atom. The fourth-order valence-corrected chi connectivity index (χ4v) is 5.35. The number of benzene rings is 4. The minimum Gasteiger partial charge on any atom is -0.418 e. The van der Waals surface area contributed by atoms with Crippen LogP contribution in [0.3, 0.4) is 0 Å². The van der Waals surface area contributed by atoms with Crippen molar-refractivity contribution in [3.05, 3.63) is 121 Å². The van der Waals surface area contributed by atoms with Crippen molar-refractivity contribution in [2.45, 2.75) is 6.92 Å². The first-order valence-corrected chi connectivity index (χ1v) is 13.6. The van der Waals surface area contributed by atoms with Crippen LogP contribution in [0.2, 0.25) is 0 Å². The number of halogens is 4. The molecular weight excluding hydrogens is 537 g/mol. The van der Waals surface area contributed by atoms with Crippen molar-refractivity contribution in [2.24, 2.45) is 0 Å². The van der Waals surface area contributed by atoms with Crippen LogP contribution in [0.15, 0.2) is 115 Å². The van der Waals surface area contributed by atoms with Gasteiger partial charge in [0.05, 0.1) is 16.5 Å². The Labute approximate surface area is 242 Å². The molecule has 0 atom stereocenters. The van der Waals surface area contributed by atoms with E-state index in [1.54, 1.807) is 0 Å². The van der Waals surface area contributed by atoms with E-state index in [1.165, 1.54) is 55.4 Å². The summed E-state index contributed by atoms with van der Waals surface area (Å²) in [4.78, 5) is 0. The normalized spacial score (nSPS) is 11.2. The summed E-state index contributed by atoms with van der Waals surface area (Å²) < 4.78 is 41.4. The molecule has 0 amide bonds. The van der Waals surface area contributed by atoms with E-state index >= 15 is 0 Å². The van der Waals surface area contributed by atoms with E-state index in [-0.39, 0.29) is 0 Å². The molecule has 0 radical (unpaired) electrons. The Balaban J connectivity index is 0.000000652. The van der Waals surface area contributed by atoms with E-state index in [9.17, 15) is 17.3 Å². The first kappa shape index (κ1) is 28.7. The second kappa shape index (κ2) is 11.9. The second-order valence-corrected chi connectivity index (χ2v) is 9.93. The molecule has 0 saturated heterocycles. The second-order valence-electron chi connectivity index (χ2n) is 9.93. The molecule has 0 unspecified atom stereocenters. The Morgan fingerprint density at radius 1 is 0.595 bits per heavy atom. The van der Waals surface area contributed by atoms with Gasteiger partial charge in [0.2, 0.25) is 11.2 Å². The molecule has 2 heterocycles. The molecule has 42 heavy (non-hydrogen) atoms. The summed E-state index contributed by atoms with van der Waals surface area (Å²) in [5, 5.41) is 8.99. The highest BCUT2D eigenvalue weighted by Gasteiger charge is 2.27. The van der Waals surface area contributed by atoms with Gasteiger partial charge in [-0.25, -0.2) is 0 Å². The largest absolute Gasteiger partial charge is 0.673 e. The molecule has 2 aromatic heterocycles. The van der Waals surface area contributed by atoms with E-state index in [4.69, 9.17) is 0 Å². The monoisotopic (exact) mass is 567 g/mol. The number of fused-ring (bicyclic) bond motifs is 3. The van der Waals surface area contributed by atoms with Crippen molar-refractivity contribution in [3.8, 4) is 33.5 Å². The van der Waals surface area contributed by atoms with Crippen LogP contribution >= 0.6 is 0 Å². The van der Waals surface area contributed by atoms with Gasteiger partial charge < -0.3 is 27.9 Å². The molecule has 8 heteroatoms. The third kappa shape index (κ3) is 6.08. The van der Waals surface area contributed by atoms with E-state index in [2.05, 4.69) is 137 Å². The average molecular weight is 567 g/mol. The van der Waals surface area contributed by atoms with Gasteiger partial charge in [0.25, 0.3) is 0 Å². The third-order valence-corrected chi connectivity index (χ3v) is 7.12. The zero-order chi connectivity index (χ0) is 29.9. The number of hydrogen-bond acceptors (Lipinski definition) is 2. The molecule has 6 rings (SSSR count). The maximum atomic E-state index is 9.75. The molecule has 0 spiro atoms. The van der Waals surface area contributed by atoms with E-state index in [1.807, 2.05) is 14.1 Å². The third-order valence-electron chi connectivity index (χ3n) is 7.12. The molecule has 2 N–H and O–H groups in total. The fraction of sp³-hybridized carbons (Fsp3) is 0.0882. The molecule has 212 valence electrons. The van der Waals surface area contributed by atoms with Crippen molar-refractivity contribution in [3.63, 3.8) is 0 Å². The molecule has 0 aliphatic heterocycles. The smallest absolute Gasteiger partial charge is 0.418 e. The van der Waals surface area contributed by atoms with E-state index in [0.29, 0.717) is 0 Å². The van der Waals surface area contributed by atoms with Gasteiger partial charge in [0.1, 0.15) is 0 Å². The maximum absolute atomic E-state index is 9.75. The van der Waals surface area contributed by atoms with Crippen LogP contribution in [0.4, 0.5) is 28.6 Å². The Hall–Kier alpha value is -4.85. The number of aromatic nitrogens is 1. The van der Waals surface area contributed by atoms with E-state index in [0.717, 1.165) is 11.4 Å². The number of aryl methyl sites for hydroxylation is 1. The molecular formula is C34H30BF4N3. The first-order chi connectivity index (χ1) is 20.2. The summed E-state index contributed by atoms with van der Waals surface area (Å²) in [5.41, 5.74) is 11.9. The molecule has 0 aliphatic carbocycles. The molecule has 4 aromatic carbocycles. The first-order valence-electron chi connectivity index (χ1n) is 13.6. The van der Waals surface area contributed by atoms with Gasteiger partial charge in [-0.1, -0.05) is 60.7 Å². The molecule has 0 aliphatic rings. The standard InChI is InChI=1S/C34H29N3.BF4/c1-23-21-31(24-9-5-4-6-10-24)34-30-12-8-7-11-29(30)32(25-13-17-27(35-2)18-14-25)33(37(34)22-23)26-15-19-28(36-3)20-16-26;2-1(3,4)5/h4-22,35H,1-3H3;/q;-1/p+1. The predicted molar refractivity (Wildman–Crippen MR) is 167 cm³/mol. The lowest BCUT2D eigenvalue weighted by Crippen LogP contribution is -2.27. The summed E-state index contributed by atoms with van der Waals surface area (Å²) >= 11 is 0. The van der Waals surface area contributed by atoms with Crippen LogP contribution in [0.25, 0.3) is 49.8 Å². The van der Waals surface area contributed by atoms with E-state index < -0.39 is 7.25 Å². The van der Waals surface area contributed by atoms with Gasteiger partial charge >= 0.3 is 7.25 Å². The number of anilines is 2. The van der Waals surface area contributed by atoms with Crippen molar-refractivity contribution in [1.82, 2.24) is 0 Å². The highest BCUT2D eigenvalue weighted by molar-refractivity contribution is 6.50. The Bertz CT molecular complexity index is 1830. The molecule has 3 nitrogen and oxygen atoms in total. The molecule has 0 bridgehead atoms. The van der Waals surface area contributed by atoms with Gasteiger partial charge in [0.15, 0.2) is 6.20 Å². The van der Waals surface area contributed by atoms with Gasteiger partial charge in [-0.15, -0.1) is 0 Å². The van der Waals surface area contributed by atoms with Crippen LogP contribution in [-0.2, 0) is 0 Å². The van der Waals surface area contributed by atoms with Crippen LogP contribution < -0.4 is 15.0 Å². The highest BCUT2D eigenvalue weighted by atomic mass is 19.5.